The van der Waals surface area contributed by atoms with Crippen molar-refractivity contribution in [2.45, 2.75) is 39.3 Å². The lowest BCUT2D eigenvalue weighted by atomic mass is 9.88. The van der Waals surface area contributed by atoms with Crippen LogP contribution in [0.15, 0.2) is 194 Å². The van der Waals surface area contributed by atoms with Crippen molar-refractivity contribution in [1.82, 2.24) is 14.1 Å². The van der Waals surface area contributed by atoms with Crippen LogP contribution in [0.1, 0.15) is 40.0 Å². The Morgan fingerprint density at radius 3 is 2.03 bits per heavy atom. The van der Waals surface area contributed by atoms with Crippen LogP contribution in [0.5, 0.6) is 11.5 Å². The monoisotopic (exact) mass is 921 g/mol. The third kappa shape index (κ3) is 7.07. The summed E-state index contributed by atoms with van der Waals surface area (Å²) in [7, 11) is 1.27. The van der Waals surface area contributed by atoms with Gasteiger partial charge in [0.2, 0.25) is 0 Å². The Morgan fingerprint density at radius 1 is 0.638 bits per heavy atom. The maximum atomic E-state index is 9.22. The molecule has 0 bridgehead atoms. The molecule has 11 aromatic rings. The molecule has 336 valence electrons. The average Bonchev–Trinajstić information content (AvgIpc) is 3.97. The van der Waals surface area contributed by atoms with Gasteiger partial charge >= 0.3 is 0 Å². The fourth-order valence-corrected chi connectivity index (χ4v) is 12.9. The van der Waals surface area contributed by atoms with E-state index in [1.54, 1.807) is 22.8 Å². The highest BCUT2D eigenvalue weighted by atomic mass is 28.3. The zero-order valence-corrected chi connectivity index (χ0v) is 40.3. The van der Waals surface area contributed by atoms with Gasteiger partial charge in [0.1, 0.15) is 25.4 Å². The Balaban J connectivity index is 1.08. The van der Waals surface area contributed by atoms with Crippen molar-refractivity contribution in [2.24, 2.45) is 0 Å². The largest absolute Gasteiger partial charge is 0.458 e. The van der Waals surface area contributed by atoms with Gasteiger partial charge in [-0.1, -0.05) is 155 Å². The lowest BCUT2D eigenvalue weighted by molar-refractivity contribution is -0.571. The molecule has 0 radical (unpaired) electrons. The first-order valence-electron chi connectivity index (χ1n) is 28.0. The molecule has 1 aliphatic rings. The minimum absolute atomic E-state index is 0.118. The number of imidazole rings is 1. The van der Waals surface area contributed by atoms with Gasteiger partial charge in [-0.15, -0.1) is 0 Å². The van der Waals surface area contributed by atoms with Crippen LogP contribution >= 0.6 is 0 Å². The standard InChI is InChI=1S/C62H53N5OSi/c1-62(2,3)45-32-33-63-59(35-45)67-53-30-26-44(41-18-11-8-12-19-41)34-52(53)51-29-27-47(38-54(51)67)68-48-28-31-57-55(39-48)65-40-66(56-36-46(64(4)5)37-58(61(56)65)69(57,6)7)60-49(42-20-13-9-14-21-42)24-17-25-50(60)43-22-15-10-16-23-43/h8-39H,1-7H3/i9D,10D,13D,14D,15D,16D,20D,21D,22D,23D. The minimum Gasteiger partial charge on any atom is -0.458 e. The van der Waals surface area contributed by atoms with Crippen molar-refractivity contribution in [3.8, 4) is 62.1 Å². The fourth-order valence-electron chi connectivity index (χ4n) is 9.95. The quantitative estimate of drug-likeness (QED) is 0.0866. The molecule has 3 aromatic heterocycles. The van der Waals surface area contributed by atoms with E-state index >= 15 is 0 Å². The van der Waals surface area contributed by atoms with Crippen molar-refractivity contribution in [3.63, 3.8) is 0 Å². The number of rotatable bonds is 8. The Labute approximate surface area is 419 Å². The first kappa shape index (κ1) is 32.7. The Morgan fingerprint density at radius 2 is 1.33 bits per heavy atom. The molecule has 0 atom stereocenters. The van der Waals surface area contributed by atoms with Crippen molar-refractivity contribution in [1.29, 1.82) is 0 Å². The molecule has 8 aromatic carbocycles. The van der Waals surface area contributed by atoms with Crippen LogP contribution in [0.4, 0.5) is 5.69 Å². The van der Waals surface area contributed by atoms with E-state index in [2.05, 4.69) is 111 Å². The smallest absolute Gasteiger partial charge is 0.269 e. The van der Waals surface area contributed by atoms with Crippen LogP contribution in [0.2, 0.25) is 13.1 Å². The molecule has 7 heteroatoms. The molecule has 0 spiro atoms. The number of ether oxygens (including phenoxy) is 1. The van der Waals surface area contributed by atoms with Crippen molar-refractivity contribution in [3.05, 3.63) is 206 Å². The van der Waals surface area contributed by atoms with E-state index in [1.807, 2.05) is 72.2 Å². The first-order chi connectivity index (χ1) is 37.6. The zero-order chi connectivity index (χ0) is 55.9. The van der Waals surface area contributed by atoms with Gasteiger partial charge < -0.3 is 9.64 Å². The third-order valence-electron chi connectivity index (χ3n) is 13.5. The average molecular weight is 922 g/mol. The fraction of sp³-hybridized carbons (Fsp3) is 0.129. The summed E-state index contributed by atoms with van der Waals surface area (Å²) in [6, 6.07) is 37.3. The summed E-state index contributed by atoms with van der Waals surface area (Å²) in [5.74, 6) is 1.94. The molecule has 6 nitrogen and oxygen atoms in total. The summed E-state index contributed by atoms with van der Waals surface area (Å²) in [6.07, 6.45) is 5.51. The maximum Gasteiger partial charge on any atom is 0.269 e. The molecule has 0 saturated heterocycles. The molecule has 0 aliphatic carbocycles. The van der Waals surface area contributed by atoms with E-state index in [9.17, 15) is 5.48 Å². The topological polar surface area (TPSA) is 39.1 Å². The molecular formula is C62H53N5OSi. The van der Waals surface area contributed by atoms with Crippen molar-refractivity contribution >= 4 is 57.0 Å². The maximum absolute atomic E-state index is 9.22. The van der Waals surface area contributed by atoms with Gasteiger partial charge in [-0.3, -0.25) is 13.7 Å². The molecule has 0 N–H and O–H groups in total. The molecule has 0 unspecified atom stereocenters. The van der Waals surface area contributed by atoms with Crippen LogP contribution in [0.3, 0.4) is 0 Å². The van der Waals surface area contributed by atoms with Crippen LogP contribution in [0, 0.1) is 6.33 Å². The lowest BCUT2D eigenvalue weighted by Gasteiger charge is -2.33. The molecule has 4 heterocycles. The predicted octanol–water partition coefficient (Wildman–Crippen LogP) is 13.5. The van der Waals surface area contributed by atoms with Crippen LogP contribution < -0.4 is 24.6 Å². The van der Waals surface area contributed by atoms with Crippen molar-refractivity contribution in [2.75, 3.05) is 19.0 Å². The SMILES string of the molecule is [2H]c1c([2H])c([2H])c(-c2cccc(-c3c([2H])c([2H])c([2H])c([2H])c3[2H])c2-[n+]2[c-]n3c4c(cc(N(C)C)cc42)[Si](C)(C)c2ccc(Oc4ccc5c6cc(-c7ccccc7)ccc6n(-c6cc(C(C)(C)C)ccn6)c5c4)cc2-3)c([2H])c1[2H]. The summed E-state index contributed by atoms with van der Waals surface area (Å²) in [6.45, 7) is 11.2. The molecule has 1 aliphatic heterocycles. The summed E-state index contributed by atoms with van der Waals surface area (Å²) < 4.78 is 102. The number of hydrogen-bond donors (Lipinski definition) is 0. The van der Waals surface area contributed by atoms with Gasteiger partial charge in [-0.05, 0) is 115 Å². The summed E-state index contributed by atoms with van der Waals surface area (Å²) in [5.41, 5.74) is 8.59. The predicted molar refractivity (Wildman–Crippen MR) is 288 cm³/mol. The zero-order valence-electron chi connectivity index (χ0n) is 49.3. The number of aromatic nitrogens is 4. The van der Waals surface area contributed by atoms with Gasteiger partial charge in [-0.25, -0.2) is 4.98 Å². The van der Waals surface area contributed by atoms with E-state index in [4.69, 9.17) is 17.9 Å². The second-order valence-corrected chi connectivity index (χ2v) is 23.7. The van der Waals surface area contributed by atoms with Crippen LogP contribution in [-0.4, -0.2) is 36.3 Å². The highest BCUT2D eigenvalue weighted by Crippen LogP contribution is 2.40. The Bertz CT molecular complexity index is 4270. The Hall–Kier alpha value is -8.00. The van der Waals surface area contributed by atoms with E-state index in [0.717, 1.165) is 71.6 Å². The van der Waals surface area contributed by atoms with E-state index in [0.29, 0.717) is 17.0 Å². The van der Waals surface area contributed by atoms with Crippen LogP contribution in [-0.2, 0) is 5.41 Å². The number of fused-ring (bicyclic) bond motifs is 5. The summed E-state index contributed by atoms with van der Waals surface area (Å²) >= 11 is 0. The number of para-hydroxylation sites is 1. The van der Waals surface area contributed by atoms with Crippen molar-refractivity contribution < 1.29 is 23.0 Å². The second kappa shape index (κ2) is 16.1. The summed E-state index contributed by atoms with van der Waals surface area (Å²) in [5, 5.41) is 4.28. The highest BCUT2D eigenvalue weighted by Gasteiger charge is 2.38. The lowest BCUT2D eigenvalue weighted by Crippen LogP contribution is -2.57. The second-order valence-electron chi connectivity index (χ2n) is 19.4. The van der Waals surface area contributed by atoms with E-state index in [1.165, 1.54) is 0 Å². The van der Waals surface area contributed by atoms with E-state index in [-0.39, 0.29) is 33.4 Å². The first-order valence-corrected chi connectivity index (χ1v) is 26.0. The summed E-state index contributed by atoms with van der Waals surface area (Å²) in [4.78, 5) is 6.94. The normalized spacial score (nSPS) is 15.0. The number of hydrogen-bond acceptors (Lipinski definition) is 3. The van der Waals surface area contributed by atoms with Gasteiger partial charge in [0.15, 0.2) is 0 Å². The highest BCUT2D eigenvalue weighted by molar-refractivity contribution is 7.02. The van der Waals surface area contributed by atoms with Gasteiger partial charge in [0.05, 0.1) is 47.1 Å². The van der Waals surface area contributed by atoms with Gasteiger partial charge in [0, 0.05) is 42.8 Å². The van der Waals surface area contributed by atoms with Gasteiger partial charge in [0.25, 0.3) is 6.33 Å². The van der Waals surface area contributed by atoms with E-state index < -0.39 is 68.5 Å². The Kier molecular flexibility index (Phi) is 7.61. The number of pyridine rings is 1. The number of benzene rings is 8. The molecular weight excluding hydrogens is 859 g/mol. The van der Waals surface area contributed by atoms with Gasteiger partial charge in [-0.2, -0.15) is 0 Å². The number of nitrogens with zero attached hydrogens (tertiary/aromatic N) is 5. The van der Waals surface area contributed by atoms with Crippen LogP contribution in [0.25, 0.3) is 83.4 Å². The molecule has 0 saturated carbocycles. The number of anilines is 1. The molecule has 69 heavy (non-hydrogen) atoms. The minimum atomic E-state index is -2.63. The molecule has 0 amide bonds. The molecule has 12 rings (SSSR count). The third-order valence-corrected chi connectivity index (χ3v) is 17.0. The molecule has 0 fully saturated rings.